The van der Waals surface area contributed by atoms with Gasteiger partial charge in [-0.05, 0) is 30.8 Å². The van der Waals surface area contributed by atoms with E-state index in [-0.39, 0.29) is 18.0 Å². The Hall–Kier alpha value is -1.63. The summed E-state index contributed by atoms with van der Waals surface area (Å²) in [6.45, 7) is 0.839. The molecule has 0 saturated carbocycles. The van der Waals surface area contributed by atoms with Crippen molar-refractivity contribution in [3.63, 3.8) is 0 Å². The lowest BCUT2D eigenvalue weighted by Gasteiger charge is -2.07. The van der Waals surface area contributed by atoms with Gasteiger partial charge in [-0.3, -0.25) is 10.1 Å². The number of ether oxygens (including phenoxy) is 1. The Morgan fingerprint density at radius 1 is 1.40 bits per heavy atom. The number of nitrogens with one attached hydrogen (secondary N) is 1. The van der Waals surface area contributed by atoms with E-state index in [9.17, 15) is 10.1 Å². The third kappa shape index (κ3) is 3.69. The molecule has 0 aliphatic rings. The topological polar surface area (TPSA) is 64.4 Å². The summed E-state index contributed by atoms with van der Waals surface area (Å²) in [7, 11) is 1.79. The van der Waals surface area contributed by atoms with Crippen molar-refractivity contribution < 1.29 is 9.66 Å². The van der Waals surface area contributed by atoms with Crippen molar-refractivity contribution in [2.24, 2.45) is 0 Å². The fraction of sp³-hybridized carbons (Fsp3) is 0.231. The summed E-state index contributed by atoms with van der Waals surface area (Å²) < 4.78 is 6.19. The molecule has 2 rings (SSSR count). The van der Waals surface area contributed by atoms with Crippen LogP contribution < -0.4 is 10.1 Å². The standard InChI is InChI=1S/C13H13ClN2O3S/c1-15-7-9-2-4-12(11(6-9)16(17)18)19-8-10-3-5-13(14)20-10/h2-6,15H,7-8H2,1H3. The summed E-state index contributed by atoms with van der Waals surface area (Å²) in [6, 6.07) is 8.57. The number of rotatable bonds is 6. The molecule has 0 bridgehead atoms. The van der Waals surface area contributed by atoms with E-state index in [0.29, 0.717) is 10.9 Å². The molecule has 0 fully saturated rings. The number of nitro benzene ring substituents is 1. The maximum atomic E-state index is 11.1. The first kappa shape index (κ1) is 14.8. The van der Waals surface area contributed by atoms with E-state index < -0.39 is 4.92 Å². The van der Waals surface area contributed by atoms with E-state index in [2.05, 4.69) is 5.32 Å². The van der Waals surface area contributed by atoms with Crippen LogP contribution in [0.2, 0.25) is 4.34 Å². The van der Waals surface area contributed by atoms with Crippen molar-refractivity contribution in [2.45, 2.75) is 13.2 Å². The minimum atomic E-state index is -0.435. The molecule has 106 valence electrons. The lowest BCUT2D eigenvalue weighted by molar-refractivity contribution is -0.386. The van der Waals surface area contributed by atoms with E-state index in [1.165, 1.54) is 17.4 Å². The zero-order chi connectivity index (χ0) is 14.5. The molecule has 5 nitrogen and oxygen atoms in total. The number of nitrogens with zero attached hydrogens (tertiary/aromatic N) is 1. The maximum Gasteiger partial charge on any atom is 0.311 e. The third-order valence-corrected chi connectivity index (χ3v) is 3.80. The molecule has 0 aliphatic heterocycles. The predicted molar refractivity (Wildman–Crippen MR) is 79.5 cm³/mol. The molecular weight excluding hydrogens is 300 g/mol. The highest BCUT2D eigenvalue weighted by Crippen LogP contribution is 2.30. The summed E-state index contributed by atoms with van der Waals surface area (Å²) in [6.07, 6.45) is 0. The van der Waals surface area contributed by atoms with Crippen molar-refractivity contribution in [3.8, 4) is 5.75 Å². The van der Waals surface area contributed by atoms with Crippen LogP contribution >= 0.6 is 22.9 Å². The Morgan fingerprint density at radius 3 is 2.80 bits per heavy atom. The van der Waals surface area contributed by atoms with Gasteiger partial charge in [-0.15, -0.1) is 11.3 Å². The molecule has 1 heterocycles. The van der Waals surface area contributed by atoms with Gasteiger partial charge in [-0.2, -0.15) is 0 Å². The van der Waals surface area contributed by atoms with Gasteiger partial charge in [-0.1, -0.05) is 17.7 Å². The Bertz CT molecular complexity index is 615. The molecule has 0 spiro atoms. The van der Waals surface area contributed by atoms with Crippen LogP contribution in [-0.4, -0.2) is 12.0 Å². The van der Waals surface area contributed by atoms with Crippen molar-refractivity contribution in [1.29, 1.82) is 0 Å². The monoisotopic (exact) mass is 312 g/mol. The molecule has 0 atom stereocenters. The zero-order valence-corrected chi connectivity index (χ0v) is 12.3. The molecular formula is C13H13ClN2O3S. The Kier molecular flexibility index (Phi) is 4.94. The smallest absolute Gasteiger partial charge is 0.311 e. The number of hydrogen-bond donors (Lipinski definition) is 1. The molecule has 1 N–H and O–H groups in total. The van der Waals surface area contributed by atoms with Crippen LogP contribution in [-0.2, 0) is 13.2 Å². The van der Waals surface area contributed by atoms with Crippen LogP contribution in [0.1, 0.15) is 10.4 Å². The fourth-order valence-corrected chi connectivity index (χ4v) is 2.72. The average molecular weight is 313 g/mol. The first-order chi connectivity index (χ1) is 9.60. The Balaban J connectivity index is 2.15. The molecule has 20 heavy (non-hydrogen) atoms. The Morgan fingerprint density at radius 2 is 2.20 bits per heavy atom. The number of hydrogen-bond acceptors (Lipinski definition) is 5. The Labute approximate surface area is 125 Å². The second-order valence-corrected chi connectivity index (χ2v) is 5.88. The normalized spacial score (nSPS) is 10.5. The van der Waals surface area contributed by atoms with Gasteiger partial charge in [0, 0.05) is 17.5 Å². The summed E-state index contributed by atoms with van der Waals surface area (Å²) in [4.78, 5) is 11.6. The van der Waals surface area contributed by atoms with Gasteiger partial charge in [0.25, 0.3) is 0 Å². The summed E-state index contributed by atoms with van der Waals surface area (Å²) in [5.41, 5.74) is 0.811. The van der Waals surface area contributed by atoms with Crippen LogP contribution in [0, 0.1) is 10.1 Å². The van der Waals surface area contributed by atoms with Crippen molar-refractivity contribution in [1.82, 2.24) is 5.32 Å². The predicted octanol–water partition coefficient (Wildman–Crippen LogP) is 3.61. The first-order valence-electron chi connectivity index (χ1n) is 5.89. The summed E-state index contributed by atoms with van der Waals surface area (Å²) in [5.74, 6) is 0.263. The second-order valence-electron chi connectivity index (χ2n) is 4.08. The number of thiophene rings is 1. The molecule has 7 heteroatoms. The fourth-order valence-electron chi connectivity index (χ4n) is 1.72. The first-order valence-corrected chi connectivity index (χ1v) is 7.08. The van der Waals surface area contributed by atoms with Crippen LogP contribution in [0.4, 0.5) is 5.69 Å². The van der Waals surface area contributed by atoms with E-state index in [0.717, 1.165) is 10.4 Å². The molecule has 0 unspecified atom stereocenters. The minimum absolute atomic E-state index is 0.0274. The lowest BCUT2D eigenvalue weighted by atomic mass is 10.2. The average Bonchev–Trinajstić information content (AvgIpc) is 2.83. The summed E-state index contributed by atoms with van der Waals surface area (Å²) >= 11 is 7.22. The molecule has 2 aromatic rings. The molecule has 0 amide bonds. The molecule has 0 aliphatic carbocycles. The number of halogens is 1. The van der Waals surface area contributed by atoms with Gasteiger partial charge >= 0.3 is 5.69 Å². The number of benzene rings is 1. The number of nitro groups is 1. The van der Waals surface area contributed by atoms with Gasteiger partial charge in [0.05, 0.1) is 9.26 Å². The molecule has 0 saturated heterocycles. The van der Waals surface area contributed by atoms with Crippen molar-refractivity contribution >= 4 is 28.6 Å². The largest absolute Gasteiger partial charge is 0.481 e. The highest BCUT2D eigenvalue weighted by molar-refractivity contribution is 7.16. The van der Waals surface area contributed by atoms with Crippen molar-refractivity contribution in [2.75, 3.05) is 7.05 Å². The van der Waals surface area contributed by atoms with Gasteiger partial charge < -0.3 is 10.1 Å². The minimum Gasteiger partial charge on any atom is -0.481 e. The third-order valence-electron chi connectivity index (χ3n) is 2.60. The zero-order valence-electron chi connectivity index (χ0n) is 10.8. The van der Waals surface area contributed by atoms with E-state index >= 15 is 0 Å². The van der Waals surface area contributed by atoms with Crippen LogP contribution in [0.3, 0.4) is 0 Å². The molecule has 1 aromatic carbocycles. The van der Waals surface area contributed by atoms with Gasteiger partial charge in [-0.25, -0.2) is 0 Å². The van der Waals surface area contributed by atoms with Crippen LogP contribution in [0.25, 0.3) is 0 Å². The lowest BCUT2D eigenvalue weighted by Crippen LogP contribution is -2.06. The SMILES string of the molecule is CNCc1ccc(OCc2ccc(Cl)s2)c([N+](=O)[O-])c1. The van der Waals surface area contributed by atoms with Crippen molar-refractivity contribution in [3.05, 3.63) is 55.2 Å². The van der Waals surface area contributed by atoms with Gasteiger partial charge in [0.2, 0.25) is 0 Å². The van der Waals surface area contributed by atoms with Gasteiger partial charge in [0.15, 0.2) is 5.75 Å². The second kappa shape index (κ2) is 6.69. The van der Waals surface area contributed by atoms with E-state index in [1.54, 1.807) is 25.2 Å². The quantitative estimate of drug-likeness (QED) is 0.653. The highest BCUT2D eigenvalue weighted by atomic mass is 35.5. The van der Waals surface area contributed by atoms with E-state index in [4.69, 9.17) is 16.3 Å². The van der Waals surface area contributed by atoms with Crippen LogP contribution in [0.5, 0.6) is 5.75 Å². The summed E-state index contributed by atoms with van der Waals surface area (Å²) in [5, 5.41) is 14.0. The highest BCUT2D eigenvalue weighted by Gasteiger charge is 2.16. The molecule has 0 radical (unpaired) electrons. The molecule has 1 aromatic heterocycles. The maximum absolute atomic E-state index is 11.1. The van der Waals surface area contributed by atoms with Crippen LogP contribution in [0.15, 0.2) is 30.3 Å². The van der Waals surface area contributed by atoms with E-state index in [1.807, 2.05) is 6.07 Å². The van der Waals surface area contributed by atoms with Gasteiger partial charge in [0.1, 0.15) is 6.61 Å².